The third-order valence-corrected chi connectivity index (χ3v) is 4.76. The van der Waals surface area contributed by atoms with Crippen molar-refractivity contribution in [3.8, 4) is 17.2 Å². The summed E-state index contributed by atoms with van der Waals surface area (Å²) < 4.78 is 15.7. The quantitative estimate of drug-likeness (QED) is 0.440. The van der Waals surface area contributed by atoms with Crippen molar-refractivity contribution in [3.05, 3.63) is 71.9 Å². The van der Waals surface area contributed by atoms with Crippen LogP contribution in [0.2, 0.25) is 0 Å². The monoisotopic (exact) mass is 403 g/mol. The SMILES string of the molecule is COc1ccc(Nc2ccc3c(C(=O)c4cc(OC)cc(OC)c4)c[nH]c3n2)cc1. The van der Waals surface area contributed by atoms with Gasteiger partial charge in [0.05, 0.1) is 21.3 Å². The van der Waals surface area contributed by atoms with Gasteiger partial charge in [0.15, 0.2) is 5.78 Å². The van der Waals surface area contributed by atoms with Crippen LogP contribution in [0.3, 0.4) is 0 Å². The average Bonchev–Trinajstić information content (AvgIpc) is 3.21. The molecular formula is C23H21N3O4. The predicted octanol–water partition coefficient (Wildman–Crippen LogP) is 4.56. The van der Waals surface area contributed by atoms with Crippen LogP contribution >= 0.6 is 0 Å². The van der Waals surface area contributed by atoms with E-state index in [1.54, 1.807) is 45.7 Å². The molecule has 7 heteroatoms. The molecule has 0 unspecified atom stereocenters. The van der Waals surface area contributed by atoms with Crippen molar-refractivity contribution in [2.75, 3.05) is 26.6 Å². The fourth-order valence-corrected chi connectivity index (χ4v) is 3.18. The van der Waals surface area contributed by atoms with Gasteiger partial charge in [-0.3, -0.25) is 4.79 Å². The lowest BCUT2D eigenvalue weighted by atomic mass is 10.0. The number of nitrogens with zero attached hydrogens (tertiary/aromatic N) is 1. The number of hydrogen-bond donors (Lipinski definition) is 2. The molecule has 0 saturated heterocycles. The molecule has 0 amide bonds. The van der Waals surface area contributed by atoms with Crippen LogP contribution in [0.5, 0.6) is 17.2 Å². The van der Waals surface area contributed by atoms with E-state index in [1.807, 2.05) is 36.4 Å². The van der Waals surface area contributed by atoms with Gasteiger partial charge in [0.25, 0.3) is 0 Å². The molecule has 0 bridgehead atoms. The van der Waals surface area contributed by atoms with E-state index in [-0.39, 0.29) is 5.78 Å². The van der Waals surface area contributed by atoms with E-state index < -0.39 is 0 Å². The van der Waals surface area contributed by atoms with Gasteiger partial charge in [-0.15, -0.1) is 0 Å². The molecule has 2 heterocycles. The molecule has 0 fully saturated rings. The topological polar surface area (TPSA) is 85.5 Å². The number of H-pyrrole nitrogens is 1. The number of fused-ring (bicyclic) bond motifs is 1. The molecule has 0 aliphatic carbocycles. The second kappa shape index (κ2) is 8.16. The molecule has 30 heavy (non-hydrogen) atoms. The summed E-state index contributed by atoms with van der Waals surface area (Å²) in [6.07, 6.45) is 1.67. The first-order valence-corrected chi connectivity index (χ1v) is 9.28. The lowest BCUT2D eigenvalue weighted by Crippen LogP contribution is -2.02. The molecule has 0 radical (unpaired) electrons. The third kappa shape index (κ3) is 3.77. The van der Waals surface area contributed by atoms with Crippen LogP contribution in [-0.4, -0.2) is 37.1 Å². The maximum absolute atomic E-state index is 13.1. The molecule has 2 aromatic carbocycles. The summed E-state index contributed by atoms with van der Waals surface area (Å²) in [5.74, 6) is 2.42. The van der Waals surface area contributed by atoms with Gasteiger partial charge in [-0.2, -0.15) is 0 Å². The highest BCUT2D eigenvalue weighted by molar-refractivity contribution is 6.16. The molecule has 0 spiro atoms. The number of carbonyl (C=O) groups is 1. The summed E-state index contributed by atoms with van der Waals surface area (Å²) >= 11 is 0. The van der Waals surface area contributed by atoms with Crippen LogP contribution in [0.15, 0.2) is 60.8 Å². The Morgan fingerprint density at radius 1 is 0.867 bits per heavy atom. The van der Waals surface area contributed by atoms with Crippen molar-refractivity contribution in [3.63, 3.8) is 0 Å². The highest BCUT2D eigenvalue weighted by Gasteiger charge is 2.17. The third-order valence-electron chi connectivity index (χ3n) is 4.76. The van der Waals surface area contributed by atoms with Crippen LogP contribution in [0.1, 0.15) is 15.9 Å². The number of rotatable bonds is 7. The number of hydrogen-bond acceptors (Lipinski definition) is 6. The zero-order chi connectivity index (χ0) is 21.1. The van der Waals surface area contributed by atoms with E-state index in [4.69, 9.17) is 14.2 Å². The first-order valence-electron chi connectivity index (χ1n) is 9.28. The van der Waals surface area contributed by atoms with Gasteiger partial charge in [-0.25, -0.2) is 4.98 Å². The van der Waals surface area contributed by atoms with Gasteiger partial charge in [-0.1, -0.05) is 0 Å². The second-order valence-corrected chi connectivity index (χ2v) is 6.58. The molecule has 2 aromatic heterocycles. The molecule has 4 rings (SSSR count). The molecule has 152 valence electrons. The van der Waals surface area contributed by atoms with Crippen LogP contribution in [0, 0.1) is 0 Å². The van der Waals surface area contributed by atoms with E-state index in [0.29, 0.717) is 34.1 Å². The molecular weight excluding hydrogens is 382 g/mol. The highest BCUT2D eigenvalue weighted by atomic mass is 16.5. The Morgan fingerprint density at radius 2 is 1.53 bits per heavy atom. The first-order chi connectivity index (χ1) is 14.6. The number of nitrogens with one attached hydrogen (secondary N) is 2. The van der Waals surface area contributed by atoms with Gasteiger partial charge in [0.1, 0.15) is 28.7 Å². The standard InChI is InChI=1S/C23H21N3O4/c1-28-16-6-4-15(5-7-16)25-21-9-8-19-20(13-24-23(19)26-21)22(27)14-10-17(29-2)12-18(11-14)30-3/h4-13H,1-3H3,(H2,24,25,26). The van der Waals surface area contributed by atoms with Crippen LogP contribution in [0.25, 0.3) is 11.0 Å². The molecule has 0 aliphatic rings. The number of aromatic nitrogens is 2. The number of methoxy groups -OCH3 is 3. The molecule has 7 nitrogen and oxygen atoms in total. The summed E-state index contributed by atoms with van der Waals surface area (Å²) in [7, 11) is 4.73. The smallest absolute Gasteiger partial charge is 0.195 e. The summed E-state index contributed by atoms with van der Waals surface area (Å²) in [5.41, 5.74) is 2.51. The fourth-order valence-electron chi connectivity index (χ4n) is 3.18. The van der Waals surface area contributed by atoms with Gasteiger partial charge in [0.2, 0.25) is 0 Å². The summed E-state index contributed by atoms with van der Waals surface area (Å²) in [5, 5.41) is 3.98. The number of benzene rings is 2. The number of pyridine rings is 1. The van der Waals surface area contributed by atoms with Crippen LogP contribution in [-0.2, 0) is 0 Å². The van der Waals surface area contributed by atoms with Crippen molar-refractivity contribution < 1.29 is 19.0 Å². The minimum atomic E-state index is -0.142. The Kier molecular flexibility index (Phi) is 5.26. The van der Waals surface area contributed by atoms with Crippen molar-refractivity contribution in [2.24, 2.45) is 0 Å². The molecule has 4 aromatic rings. The Labute approximate surface area is 173 Å². The van der Waals surface area contributed by atoms with Crippen LogP contribution in [0.4, 0.5) is 11.5 Å². The average molecular weight is 403 g/mol. The Hall–Kier alpha value is -4.00. The van der Waals surface area contributed by atoms with E-state index in [9.17, 15) is 4.79 Å². The number of ether oxygens (including phenoxy) is 3. The molecule has 2 N–H and O–H groups in total. The largest absolute Gasteiger partial charge is 0.497 e. The zero-order valence-corrected chi connectivity index (χ0v) is 16.9. The van der Waals surface area contributed by atoms with Gasteiger partial charge in [-0.05, 0) is 48.5 Å². The van der Waals surface area contributed by atoms with Crippen molar-refractivity contribution in [1.29, 1.82) is 0 Å². The molecule has 0 saturated carbocycles. The van der Waals surface area contributed by atoms with E-state index in [2.05, 4.69) is 15.3 Å². The maximum atomic E-state index is 13.1. The van der Waals surface area contributed by atoms with Crippen molar-refractivity contribution >= 4 is 28.3 Å². The second-order valence-electron chi connectivity index (χ2n) is 6.58. The lowest BCUT2D eigenvalue weighted by Gasteiger charge is -2.08. The zero-order valence-electron chi connectivity index (χ0n) is 16.9. The fraction of sp³-hybridized carbons (Fsp3) is 0.130. The van der Waals surface area contributed by atoms with Gasteiger partial charge in [0, 0.05) is 34.5 Å². The lowest BCUT2D eigenvalue weighted by molar-refractivity contribution is 0.103. The Morgan fingerprint density at radius 3 is 2.17 bits per heavy atom. The Balaban J connectivity index is 1.62. The Bertz CT molecular complexity index is 1180. The summed E-state index contributed by atoms with van der Waals surface area (Å²) in [6, 6.07) is 16.4. The van der Waals surface area contributed by atoms with Gasteiger partial charge >= 0.3 is 0 Å². The van der Waals surface area contributed by atoms with Gasteiger partial charge < -0.3 is 24.5 Å². The summed E-state index contributed by atoms with van der Waals surface area (Å²) in [4.78, 5) is 20.8. The van der Waals surface area contributed by atoms with Crippen LogP contribution < -0.4 is 19.5 Å². The number of aromatic amines is 1. The molecule has 0 atom stereocenters. The molecule has 0 aliphatic heterocycles. The van der Waals surface area contributed by atoms with E-state index in [0.717, 1.165) is 16.8 Å². The minimum Gasteiger partial charge on any atom is -0.497 e. The normalized spacial score (nSPS) is 10.6. The summed E-state index contributed by atoms with van der Waals surface area (Å²) in [6.45, 7) is 0. The van der Waals surface area contributed by atoms with Crippen molar-refractivity contribution in [1.82, 2.24) is 9.97 Å². The highest BCUT2D eigenvalue weighted by Crippen LogP contribution is 2.28. The maximum Gasteiger partial charge on any atom is 0.195 e. The number of ketones is 1. The number of carbonyl (C=O) groups excluding carboxylic acids is 1. The number of anilines is 2. The minimum absolute atomic E-state index is 0.142. The van der Waals surface area contributed by atoms with Crippen molar-refractivity contribution in [2.45, 2.75) is 0 Å². The predicted molar refractivity (Wildman–Crippen MR) is 115 cm³/mol. The van der Waals surface area contributed by atoms with E-state index >= 15 is 0 Å². The van der Waals surface area contributed by atoms with E-state index in [1.165, 1.54) is 0 Å². The first kappa shape index (κ1) is 19.3.